The van der Waals surface area contributed by atoms with Gasteiger partial charge in [-0.1, -0.05) is 12.1 Å². The van der Waals surface area contributed by atoms with Gasteiger partial charge in [-0.25, -0.2) is 18.5 Å². The first kappa shape index (κ1) is 18.2. The number of nitrogens with two attached hydrogens (primary N) is 1. The van der Waals surface area contributed by atoms with E-state index in [1.807, 2.05) is 0 Å². The molecule has 0 saturated carbocycles. The monoisotopic (exact) mass is 369 g/mol. The minimum atomic E-state index is -5.07. The number of primary sulfonamides is 1. The van der Waals surface area contributed by atoms with Crippen molar-refractivity contribution >= 4 is 10.0 Å². The van der Waals surface area contributed by atoms with Crippen molar-refractivity contribution in [3.8, 4) is 11.3 Å². The van der Waals surface area contributed by atoms with Gasteiger partial charge in [-0.15, -0.1) is 0 Å². The highest BCUT2D eigenvalue weighted by atomic mass is 32.2. The third-order valence-electron chi connectivity index (χ3n) is 2.90. The van der Waals surface area contributed by atoms with E-state index in [-0.39, 0.29) is 5.56 Å². The van der Waals surface area contributed by atoms with Gasteiger partial charge in [-0.05, 0) is 18.2 Å². The summed E-state index contributed by atoms with van der Waals surface area (Å²) in [6.07, 6.45) is -7.98. The highest BCUT2D eigenvalue weighted by Gasteiger charge is 2.37. The van der Waals surface area contributed by atoms with E-state index in [1.54, 1.807) is 6.20 Å². The molecule has 0 bridgehead atoms. The number of alkyl halides is 6. The molecule has 0 amide bonds. The van der Waals surface area contributed by atoms with Crippen molar-refractivity contribution in [2.24, 2.45) is 5.14 Å². The fourth-order valence-electron chi connectivity index (χ4n) is 1.81. The molecule has 1 aromatic heterocycles. The van der Waals surface area contributed by atoms with Crippen LogP contribution in [0.2, 0.25) is 0 Å². The Balaban J connectivity index is 2.57. The molecule has 2 aromatic rings. The van der Waals surface area contributed by atoms with Crippen molar-refractivity contribution in [2.75, 3.05) is 0 Å². The molecule has 24 heavy (non-hydrogen) atoms. The van der Waals surface area contributed by atoms with Gasteiger partial charge in [0.15, 0.2) is 0 Å². The van der Waals surface area contributed by atoms with Crippen molar-refractivity contribution in [2.45, 2.75) is 17.2 Å². The molecule has 1 radical (unpaired) electrons. The molecule has 2 rings (SSSR count). The van der Waals surface area contributed by atoms with Gasteiger partial charge in [-0.2, -0.15) is 26.3 Å². The maximum Gasteiger partial charge on any atom is 0.417 e. The summed E-state index contributed by atoms with van der Waals surface area (Å²) >= 11 is 0. The summed E-state index contributed by atoms with van der Waals surface area (Å²) in [6, 6.07) is 3.54. The number of nitrogens with zero attached hydrogens (tertiary/aromatic N) is 1. The molecule has 0 saturated heterocycles. The lowest BCUT2D eigenvalue weighted by atomic mass is 10.1. The van der Waals surface area contributed by atoms with Gasteiger partial charge < -0.3 is 0 Å². The number of sulfonamides is 1. The predicted octanol–water partition coefficient (Wildman–Crippen LogP) is 3.23. The van der Waals surface area contributed by atoms with Crippen LogP contribution in [0.15, 0.2) is 35.2 Å². The number of aromatic nitrogens is 1. The molecular weight excluding hydrogens is 362 g/mol. The Bertz CT molecular complexity index is 858. The molecule has 2 N–H and O–H groups in total. The quantitative estimate of drug-likeness (QED) is 0.826. The lowest BCUT2D eigenvalue weighted by Crippen LogP contribution is -2.19. The maximum absolute atomic E-state index is 13.0. The van der Waals surface area contributed by atoms with Crippen molar-refractivity contribution in [3.05, 3.63) is 47.7 Å². The van der Waals surface area contributed by atoms with E-state index in [0.29, 0.717) is 18.2 Å². The van der Waals surface area contributed by atoms with E-state index in [0.717, 1.165) is 12.1 Å². The van der Waals surface area contributed by atoms with Crippen molar-refractivity contribution in [1.82, 2.24) is 4.98 Å². The van der Waals surface area contributed by atoms with Crippen molar-refractivity contribution in [1.29, 1.82) is 0 Å². The number of rotatable bonds is 2. The zero-order valence-corrected chi connectivity index (χ0v) is 12.2. The Morgan fingerprint density at radius 2 is 1.50 bits per heavy atom. The summed E-state index contributed by atoms with van der Waals surface area (Å²) < 4.78 is 98.7. The molecule has 0 fully saturated rings. The number of pyridine rings is 1. The van der Waals surface area contributed by atoms with Gasteiger partial charge in [0.05, 0.1) is 16.8 Å². The van der Waals surface area contributed by atoms with Crippen LogP contribution in [0.3, 0.4) is 0 Å². The third kappa shape index (κ3) is 3.85. The van der Waals surface area contributed by atoms with Crippen molar-refractivity contribution < 1.29 is 34.8 Å². The Labute approximate surface area is 132 Å². The van der Waals surface area contributed by atoms with Crippen molar-refractivity contribution in [3.63, 3.8) is 0 Å². The summed E-state index contributed by atoms with van der Waals surface area (Å²) in [5, 5.41) is 4.69. The summed E-state index contributed by atoms with van der Waals surface area (Å²) in [5.74, 6) is 0. The molecule has 0 unspecified atom stereocenters. The second-order valence-electron chi connectivity index (χ2n) is 4.61. The fraction of sp³-hybridized carbons (Fsp3) is 0.154. The van der Waals surface area contributed by atoms with Crippen LogP contribution in [0.1, 0.15) is 11.1 Å². The molecule has 129 valence electrons. The highest BCUT2D eigenvalue weighted by molar-refractivity contribution is 7.89. The number of benzene rings is 1. The van der Waals surface area contributed by atoms with E-state index in [9.17, 15) is 34.8 Å². The van der Waals surface area contributed by atoms with E-state index < -0.39 is 44.1 Å². The van der Waals surface area contributed by atoms with Crippen LogP contribution in [-0.4, -0.2) is 13.4 Å². The van der Waals surface area contributed by atoms with Gasteiger partial charge in [0, 0.05) is 5.56 Å². The van der Waals surface area contributed by atoms with Crippen LogP contribution in [0.5, 0.6) is 0 Å². The zero-order valence-electron chi connectivity index (χ0n) is 11.4. The standard InChI is InChI=1S/C13H7F6N2O2S/c14-12(15,16)8-3-1-7(2-4-8)10-5-9(13(17,18)19)11(6-21-10)24(20,22)23/h1-5H,(H2,20,22,23). The first-order valence-corrected chi connectivity index (χ1v) is 7.55. The molecule has 0 spiro atoms. The first-order chi connectivity index (χ1) is 10.8. The number of hydrogen-bond donors (Lipinski definition) is 1. The summed E-state index contributed by atoms with van der Waals surface area (Å²) in [7, 11) is -4.73. The Hall–Kier alpha value is -2.14. The normalized spacial score (nSPS) is 13.1. The molecule has 0 atom stereocenters. The van der Waals surface area contributed by atoms with Crippen LogP contribution in [0, 0.1) is 6.20 Å². The molecular formula is C13H7F6N2O2S. The lowest BCUT2D eigenvalue weighted by molar-refractivity contribution is -0.140. The van der Waals surface area contributed by atoms with Crippen LogP contribution in [-0.2, 0) is 22.4 Å². The van der Waals surface area contributed by atoms with Gasteiger partial charge in [0.1, 0.15) is 11.1 Å². The first-order valence-electron chi connectivity index (χ1n) is 6.00. The number of halogens is 6. The van der Waals surface area contributed by atoms with Gasteiger partial charge in [0.25, 0.3) is 0 Å². The Morgan fingerprint density at radius 3 is 1.92 bits per heavy atom. The molecule has 0 aliphatic carbocycles. The van der Waals surface area contributed by atoms with Crippen LogP contribution in [0.25, 0.3) is 11.3 Å². The summed E-state index contributed by atoms with van der Waals surface area (Å²) in [5.41, 5.74) is -3.07. The molecule has 1 heterocycles. The minimum Gasteiger partial charge on any atom is -0.245 e. The molecule has 4 nitrogen and oxygen atoms in total. The molecule has 1 aromatic carbocycles. The van der Waals surface area contributed by atoms with Gasteiger partial charge >= 0.3 is 12.4 Å². The zero-order chi connectivity index (χ0) is 18.3. The fourth-order valence-corrected chi connectivity index (χ4v) is 2.47. The van der Waals surface area contributed by atoms with Crippen LogP contribution in [0.4, 0.5) is 26.3 Å². The summed E-state index contributed by atoms with van der Waals surface area (Å²) in [4.78, 5) is 2.07. The average molecular weight is 369 g/mol. The third-order valence-corrected chi connectivity index (χ3v) is 3.78. The lowest BCUT2D eigenvalue weighted by Gasteiger charge is -2.12. The largest absolute Gasteiger partial charge is 0.417 e. The predicted molar refractivity (Wildman–Crippen MR) is 69.9 cm³/mol. The topological polar surface area (TPSA) is 73.1 Å². The average Bonchev–Trinajstić information content (AvgIpc) is 2.44. The van der Waals surface area contributed by atoms with Gasteiger partial charge in [-0.3, -0.25) is 0 Å². The number of hydrogen-bond acceptors (Lipinski definition) is 3. The SMILES string of the molecule is NS(=O)(=O)c1[c]nc(-c2ccc(C(F)(F)F)cc2)cc1C(F)(F)F. The van der Waals surface area contributed by atoms with E-state index >= 15 is 0 Å². The Kier molecular flexibility index (Phi) is 4.35. The maximum atomic E-state index is 13.0. The van der Waals surface area contributed by atoms with Crippen LogP contribution >= 0.6 is 0 Å². The second kappa shape index (κ2) is 5.74. The molecule has 11 heteroatoms. The smallest absolute Gasteiger partial charge is 0.245 e. The minimum absolute atomic E-state index is 0.0780. The molecule has 0 aliphatic rings. The molecule has 0 aliphatic heterocycles. The van der Waals surface area contributed by atoms with Gasteiger partial charge in [0.2, 0.25) is 10.0 Å². The van der Waals surface area contributed by atoms with E-state index in [4.69, 9.17) is 0 Å². The second-order valence-corrected chi connectivity index (χ2v) is 6.11. The van der Waals surface area contributed by atoms with E-state index in [1.165, 1.54) is 0 Å². The van der Waals surface area contributed by atoms with Crippen LogP contribution < -0.4 is 5.14 Å². The van der Waals surface area contributed by atoms with E-state index in [2.05, 4.69) is 10.1 Å². The summed E-state index contributed by atoms with van der Waals surface area (Å²) in [6.45, 7) is 0. The Morgan fingerprint density at radius 1 is 0.958 bits per heavy atom. The highest BCUT2D eigenvalue weighted by Crippen LogP contribution is 2.36.